The Balaban J connectivity index is 0.000000282. The molecular formula is C30H32N4O9. The number of ketones is 1. The molecule has 3 atom stereocenters. The van der Waals surface area contributed by atoms with E-state index in [2.05, 4.69) is 5.32 Å². The van der Waals surface area contributed by atoms with Gasteiger partial charge in [0, 0.05) is 36.3 Å². The molecule has 1 saturated heterocycles. The van der Waals surface area contributed by atoms with Crippen molar-refractivity contribution in [3.05, 3.63) is 81.7 Å². The van der Waals surface area contributed by atoms with Crippen LogP contribution in [0.25, 0.3) is 11.0 Å². The average Bonchev–Trinajstić information content (AvgIpc) is 2.95. The highest BCUT2D eigenvalue weighted by molar-refractivity contribution is 6.18. The Hall–Kier alpha value is -5.17. The number of primary amides is 1. The zero-order valence-corrected chi connectivity index (χ0v) is 23.8. The second-order valence-electron chi connectivity index (χ2n) is 10.2. The van der Waals surface area contributed by atoms with Gasteiger partial charge in [-0.15, -0.1) is 0 Å². The fraction of sp³-hybridized carbons (Fsp3) is 0.300. The van der Waals surface area contributed by atoms with Gasteiger partial charge in [-0.2, -0.15) is 0 Å². The lowest BCUT2D eigenvalue weighted by Crippen LogP contribution is -2.70. The van der Waals surface area contributed by atoms with Gasteiger partial charge in [-0.1, -0.05) is 36.4 Å². The van der Waals surface area contributed by atoms with Gasteiger partial charge in [-0.25, -0.2) is 9.59 Å². The van der Waals surface area contributed by atoms with Crippen molar-refractivity contribution in [1.29, 1.82) is 0 Å². The second kappa shape index (κ2) is 13.2. The lowest BCUT2D eigenvalue weighted by molar-refractivity contribution is -0.175. The largest absolute Gasteiger partial charge is 0.479 e. The van der Waals surface area contributed by atoms with Crippen molar-refractivity contribution in [3.8, 4) is 0 Å². The lowest BCUT2D eigenvalue weighted by atomic mass is 9.79. The number of nitrogens with two attached hydrogens (primary N) is 2. The number of nitrogens with zero attached hydrogens (tertiary/aromatic N) is 1. The number of amides is 4. The molecule has 2 aromatic carbocycles. The van der Waals surface area contributed by atoms with Gasteiger partial charge in [-0.3, -0.25) is 28.9 Å². The number of Topliss-reactive ketones (excluding diaryl/α,β-unsaturated/α-hetero) is 1. The van der Waals surface area contributed by atoms with Gasteiger partial charge in [0.05, 0.1) is 6.04 Å². The van der Waals surface area contributed by atoms with Gasteiger partial charge in [0.2, 0.25) is 23.3 Å². The van der Waals surface area contributed by atoms with E-state index in [1.54, 1.807) is 42.5 Å². The van der Waals surface area contributed by atoms with Crippen LogP contribution in [0.2, 0.25) is 0 Å². The van der Waals surface area contributed by atoms with Gasteiger partial charge in [-0.05, 0) is 44.0 Å². The quantitative estimate of drug-likeness (QED) is 0.223. The van der Waals surface area contributed by atoms with Crippen LogP contribution in [0.1, 0.15) is 48.2 Å². The molecule has 13 nitrogen and oxygen atoms in total. The highest BCUT2D eigenvalue weighted by Crippen LogP contribution is 2.31. The summed E-state index contributed by atoms with van der Waals surface area (Å²) >= 11 is 0. The molecule has 43 heavy (non-hydrogen) atoms. The van der Waals surface area contributed by atoms with Gasteiger partial charge < -0.3 is 26.3 Å². The molecule has 1 aliphatic heterocycles. The molecule has 2 heterocycles. The van der Waals surface area contributed by atoms with Crippen LogP contribution in [0, 0.1) is 6.92 Å². The number of aryl methyl sites for hydroxylation is 1. The topological polar surface area (TPSA) is 220 Å². The molecule has 226 valence electrons. The molecule has 6 N–H and O–H groups in total. The molecule has 0 aliphatic carbocycles. The number of benzene rings is 2. The third-order valence-electron chi connectivity index (χ3n) is 6.91. The summed E-state index contributed by atoms with van der Waals surface area (Å²) in [5.74, 6) is -5.24. The first kappa shape index (κ1) is 32.3. The molecule has 0 bridgehead atoms. The number of carbonyl (C=O) groups is 6. The van der Waals surface area contributed by atoms with Crippen molar-refractivity contribution < 1.29 is 38.3 Å². The molecule has 0 spiro atoms. The predicted octanol–water partition coefficient (Wildman–Crippen LogP) is 0.823. The van der Waals surface area contributed by atoms with Crippen LogP contribution in [-0.2, 0) is 30.4 Å². The standard InChI is InChI=1S/C19H23N3O6.C11H9NO3/c1-11(20)16(25)21-12(2)17(26)22-15(24)9-8-14(23)19(22,18(27)28)10-13-6-4-3-5-7-13;1-6-4-10(13)15-9-5-7(11(12)14)2-3-8(6)9/h3-7,11-12H,8-10,20H2,1-2H3,(H,21,25)(H,27,28);2-5H,1H3,(H2,12,14)/t11-,12-,19+;/m0./s1. The number of carboxylic acid groups (broad SMARTS) is 1. The molecule has 1 aromatic heterocycles. The summed E-state index contributed by atoms with van der Waals surface area (Å²) in [5.41, 5.74) is 9.81. The first-order chi connectivity index (χ1) is 20.2. The number of piperidine rings is 1. The van der Waals surface area contributed by atoms with Gasteiger partial charge in [0.25, 0.3) is 5.91 Å². The maximum Gasteiger partial charge on any atom is 0.338 e. The molecule has 1 aliphatic rings. The van der Waals surface area contributed by atoms with Crippen LogP contribution in [0.15, 0.2) is 63.8 Å². The smallest absolute Gasteiger partial charge is 0.338 e. The Labute approximate surface area is 245 Å². The summed E-state index contributed by atoms with van der Waals surface area (Å²) in [5, 5.41) is 13.1. The summed E-state index contributed by atoms with van der Waals surface area (Å²) < 4.78 is 4.97. The van der Waals surface area contributed by atoms with E-state index in [-0.39, 0.29) is 19.3 Å². The summed E-state index contributed by atoms with van der Waals surface area (Å²) in [6.45, 7) is 4.53. The van der Waals surface area contributed by atoms with Crippen molar-refractivity contribution in [2.75, 3.05) is 0 Å². The highest BCUT2D eigenvalue weighted by atomic mass is 16.4. The van der Waals surface area contributed by atoms with Gasteiger partial charge in [0.1, 0.15) is 11.6 Å². The average molecular weight is 593 g/mol. The minimum absolute atomic E-state index is 0.275. The highest BCUT2D eigenvalue weighted by Gasteiger charge is 2.58. The Morgan fingerprint density at radius 2 is 1.67 bits per heavy atom. The van der Waals surface area contributed by atoms with Gasteiger partial charge in [0.15, 0.2) is 5.78 Å². The zero-order valence-electron chi connectivity index (χ0n) is 23.8. The minimum atomic E-state index is -2.36. The molecule has 4 amide bonds. The molecule has 0 saturated carbocycles. The SMILES string of the molecule is C[C@H](N)C(=O)N[C@@H](C)C(=O)N1C(=O)CCC(=O)[C@]1(Cc1ccccc1)C(=O)O.Cc1cc(=O)oc2cc(C(N)=O)ccc12. The summed E-state index contributed by atoms with van der Waals surface area (Å²) in [6, 6.07) is 12.4. The van der Waals surface area contributed by atoms with Crippen molar-refractivity contribution in [1.82, 2.24) is 10.2 Å². The summed E-state index contributed by atoms with van der Waals surface area (Å²) in [4.78, 5) is 84.8. The van der Waals surface area contributed by atoms with E-state index in [0.717, 1.165) is 10.9 Å². The van der Waals surface area contributed by atoms with E-state index in [1.807, 2.05) is 6.92 Å². The van der Waals surface area contributed by atoms with Crippen molar-refractivity contribution >= 4 is 46.4 Å². The van der Waals surface area contributed by atoms with E-state index >= 15 is 0 Å². The number of carbonyl (C=O) groups excluding carboxylic acids is 5. The van der Waals surface area contributed by atoms with E-state index in [4.69, 9.17) is 15.9 Å². The third kappa shape index (κ3) is 7.01. The van der Waals surface area contributed by atoms with Crippen LogP contribution >= 0.6 is 0 Å². The number of rotatable bonds is 7. The predicted molar refractivity (Wildman–Crippen MR) is 154 cm³/mol. The number of imide groups is 1. The Kier molecular flexibility index (Phi) is 9.94. The Morgan fingerprint density at radius 3 is 2.26 bits per heavy atom. The number of hydrogen-bond acceptors (Lipinski definition) is 9. The number of aliphatic carboxylic acids is 1. The number of likely N-dealkylation sites (tertiary alicyclic amines) is 1. The third-order valence-corrected chi connectivity index (χ3v) is 6.91. The van der Waals surface area contributed by atoms with Crippen LogP contribution in [-0.4, -0.2) is 63.0 Å². The number of fused-ring (bicyclic) bond motifs is 1. The number of hydrogen-bond donors (Lipinski definition) is 4. The molecule has 13 heteroatoms. The normalized spacial score (nSPS) is 17.8. The molecule has 1 fully saturated rings. The van der Waals surface area contributed by atoms with Crippen LogP contribution in [0.5, 0.6) is 0 Å². The van der Waals surface area contributed by atoms with E-state index in [1.165, 1.54) is 26.0 Å². The van der Waals surface area contributed by atoms with Crippen molar-refractivity contribution in [2.24, 2.45) is 11.5 Å². The molecule has 3 aromatic rings. The first-order valence-corrected chi connectivity index (χ1v) is 13.3. The maximum atomic E-state index is 13.0. The van der Waals surface area contributed by atoms with Crippen molar-refractivity contribution in [3.63, 3.8) is 0 Å². The minimum Gasteiger partial charge on any atom is -0.479 e. The van der Waals surface area contributed by atoms with Crippen LogP contribution in [0.4, 0.5) is 0 Å². The zero-order chi connectivity index (χ0) is 32.1. The molecule has 4 rings (SSSR count). The molecule has 0 radical (unpaired) electrons. The number of nitrogens with one attached hydrogen (secondary N) is 1. The van der Waals surface area contributed by atoms with Gasteiger partial charge >= 0.3 is 11.6 Å². The maximum absolute atomic E-state index is 13.0. The molecule has 0 unspecified atom stereocenters. The van der Waals surface area contributed by atoms with E-state index in [9.17, 15) is 38.7 Å². The van der Waals surface area contributed by atoms with E-state index in [0.29, 0.717) is 21.6 Å². The van der Waals surface area contributed by atoms with Crippen molar-refractivity contribution in [2.45, 2.75) is 57.7 Å². The number of carboxylic acids is 1. The second-order valence-corrected chi connectivity index (χ2v) is 10.2. The Bertz CT molecular complexity index is 1650. The van der Waals surface area contributed by atoms with Crippen LogP contribution < -0.4 is 22.4 Å². The lowest BCUT2D eigenvalue weighted by Gasteiger charge is -2.42. The fourth-order valence-electron chi connectivity index (χ4n) is 4.63. The fourth-order valence-corrected chi connectivity index (χ4v) is 4.63. The van der Waals surface area contributed by atoms with Crippen LogP contribution in [0.3, 0.4) is 0 Å². The summed E-state index contributed by atoms with van der Waals surface area (Å²) in [7, 11) is 0. The van der Waals surface area contributed by atoms with E-state index < -0.39 is 58.6 Å². The first-order valence-electron chi connectivity index (χ1n) is 13.3. The summed E-state index contributed by atoms with van der Waals surface area (Å²) in [6.07, 6.45) is -0.905. The monoisotopic (exact) mass is 592 g/mol. The Morgan fingerprint density at radius 1 is 1.02 bits per heavy atom. The molecular weight excluding hydrogens is 560 g/mol.